The van der Waals surface area contributed by atoms with E-state index in [1.807, 2.05) is 36.4 Å². The molecule has 0 radical (unpaired) electrons. The SMILES string of the molecule is C=N/C(=N\C(=N/Cc1ccccc1)c1cccc(-n2c3ccc(-c4ccc5c(c4)c4cc6c(cc4n5-c4ccccc4)C(C)(C)C(C)(C)C6(C)C)cc3c3cc4c(cc32)C(C)(C)c2ccccc2-4)c1)c1ccccc1. The predicted octanol–water partition coefficient (Wildman–Crippen LogP) is 17.5. The third-order valence-electron chi connectivity index (χ3n) is 18.2. The van der Waals surface area contributed by atoms with Crippen molar-refractivity contribution in [3.05, 3.63) is 239 Å². The van der Waals surface area contributed by atoms with Gasteiger partial charge in [0, 0.05) is 49.5 Å². The minimum atomic E-state index is -0.179. The number of aliphatic imine (C=N–C) groups is 3. The average Bonchev–Trinajstić information content (AvgIpc) is 4.20. The molecule has 0 saturated carbocycles. The van der Waals surface area contributed by atoms with Gasteiger partial charge in [-0.3, -0.25) is 4.99 Å². The number of nitrogens with zero attached hydrogens (tertiary/aromatic N) is 5. The van der Waals surface area contributed by atoms with Crippen molar-refractivity contribution in [1.82, 2.24) is 9.13 Å². The topological polar surface area (TPSA) is 46.9 Å². The van der Waals surface area contributed by atoms with Crippen LogP contribution >= 0.6 is 0 Å². The highest BCUT2D eigenvalue weighted by Crippen LogP contribution is 2.62. The summed E-state index contributed by atoms with van der Waals surface area (Å²) in [6.45, 7) is 23.8. The predicted molar refractivity (Wildman–Crippen MR) is 317 cm³/mol. The van der Waals surface area contributed by atoms with E-state index >= 15 is 0 Å². The molecule has 2 aliphatic rings. The van der Waals surface area contributed by atoms with E-state index in [2.05, 4.69) is 240 Å². The molecule has 5 nitrogen and oxygen atoms in total. The fourth-order valence-electron chi connectivity index (χ4n) is 12.9. The van der Waals surface area contributed by atoms with Gasteiger partial charge in [-0.1, -0.05) is 183 Å². The van der Waals surface area contributed by atoms with Gasteiger partial charge in [0.1, 0.15) is 0 Å². The largest absolute Gasteiger partial charge is 0.309 e. The monoisotopic (exact) mass is 971 g/mol. The second-order valence-corrected chi connectivity index (χ2v) is 23.0. The maximum absolute atomic E-state index is 5.19. The molecule has 366 valence electrons. The van der Waals surface area contributed by atoms with Gasteiger partial charge in [0.2, 0.25) is 0 Å². The Morgan fingerprint density at radius 1 is 0.413 bits per heavy atom. The zero-order valence-corrected chi connectivity index (χ0v) is 44.2. The van der Waals surface area contributed by atoms with E-state index < -0.39 is 0 Å². The molecule has 0 aliphatic heterocycles. The smallest absolute Gasteiger partial charge is 0.161 e. The van der Waals surface area contributed by atoms with Gasteiger partial charge in [-0.2, -0.15) is 0 Å². The van der Waals surface area contributed by atoms with Gasteiger partial charge in [0.25, 0.3) is 0 Å². The van der Waals surface area contributed by atoms with Crippen molar-refractivity contribution in [1.29, 1.82) is 0 Å². The molecule has 2 aromatic heterocycles. The minimum absolute atomic E-state index is 0.0158. The first kappa shape index (κ1) is 46.4. The third-order valence-corrected chi connectivity index (χ3v) is 18.2. The molecule has 0 amide bonds. The fourth-order valence-corrected chi connectivity index (χ4v) is 12.9. The van der Waals surface area contributed by atoms with Gasteiger partial charge < -0.3 is 9.13 Å². The summed E-state index contributed by atoms with van der Waals surface area (Å²) in [5.41, 5.74) is 20.2. The lowest BCUT2D eigenvalue weighted by molar-refractivity contribution is 0.125. The maximum atomic E-state index is 5.19. The Hall–Kier alpha value is -8.41. The van der Waals surface area contributed by atoms with E-state index in [0.29, 0.717) is 18.2 Å². The Morgan fingerprint density at radius 3 is 1.59 bits per heavy atom. The summed E-state index contributed by atoms with van der Waals surface area (Å²) in [6, 6.07) is 73.0. The van der Waals surface area contributed by atoms with Crippen LogP contribution in [0.4, 0.5) is 0 Å². The summed E-state index contributed by atoms with van der Waals surface area (Å²) in [6.07, 6.45) is 0. The highest BCUT2D eigenvalue weighted by atomic mass is 15.0. The maximum Gasteiger partial charge on any atom is 0.161 e. The summed E-state index contributed by atoms with van der Waals surface area (Å²) >= 11 is 0. The Morgan fingerprint density at radius 2 is 0.933 bits per heavy atom. The molecule has 11 aromatic rings. The van der Waals surface area contributed by atoms with E-state index in [-0.39, 0.29) is 21.7 Å². The highest BCUT2D eigenvalue weighted by molar-refractivity contribution is 6.16. The molecule has 9 aromatic carbocycles. The Labute approximate surface area is 440 Å². The van der Waals surface area contributed by atoms with Crippen LogP contribution in [0.2, 0.25) is 0 Å². The van der Waals surface area contributed by atoms with Crippen LogP contribution in [-0.2, 0) is 22.8 Å². The lowest BCUT2D eigenvalue weighted by atomic mass is 9.59. The molecular weight excluding hydrogens is 911 g/mol. The zero-order chi connectivity index (χ0) is 51.6. The number of fused-ring (bicyclic) bond motifs is 10. The van der Waals surface area contributed by atoms with Crippen LogP contribution in [0.15, 0.2) is 215 Å². The van der Waals surface area contributed by atoms with Gasteiger partial charge in [0.05, 0.1) is 28.6 Å². The molecule has 0 fully saturated rings. The lowest BCUT2D eigenvalue weighted by Gasteiger charge is -2.44. The van der Waals surface area contributed by atoms with Crippen molar-refractivity contribution in [2.45, 2.75) is 78.2 Å². The number of para-hydroxylation sites is 1. The van der Waals surface area contributed by atoms with Crippen LogP contribution in [-0.4, -0.2) is 27.5 Å². The number of amidine groups is 2. The van der Waals surface area contributed by atoms with Crippen molar-refractivity contribution in [3.63, 3.8) is 0 Å². The Kier molecular flexibility index (Phi) is 10.4. The molecular formula is C70H61N5. The van der Waals surface area contributed by atoms with Crippen LogP contribution in [0.5, 0.6) is 0 Å². The molecule has 13 rings (SSSR count). The fraction of sp³-hybridized carbons (Fsp3) is 0.186. The molecule has 0 unspecified atom stereocenters. The van der Waals surface area contributed by atoms with Crippen LogP contribution < -0.4 is 0 Å². The van der Waals surface area contributed by atoms with E-state index in [1.54, 1.807) is 0 Å². The molecule has 5 heteroatoms. The molecule has 0 atom stereocenters. The lowest BCUT2D eigenvalue weighted by Crippen LogP contribution is -2.42. The first-order valence-electron chi connectivity index (χ1n) is 26.4. The van der Waals surface area contributed by atoms with Crippen molar-refractivity contribution in [3.8, 4) is 33.6 Å². The number of hydrogen-bond acceptors (Lipinski definition) is 1. The summed E-state index contributed by atoms with van der Waals surface area (Å²) in [4.78, 5) is 14.8. The first-order chi connectivity index (χ1) is 36.2. The number of hydrogen-bond donors (Lipinski definition) is 0. The first-order valence-corrected chi connectivity index (χ1v) is 26.4. The van der Waals surface area contributed by atoms with E-state index in [4.69, 9.17) is 9.98 Å². The Balaban J connectivity index is 1.02. The number of rotatable bonds is 7. The van der Waals surface area contributed by atoms with Crippen LogP contribution in [0.1, 0.15) is 94.3 Å². The molecule has 75 heavy (non-hydrogen) atoms. The summed E-state index contributed by atoms with van der Waals surface area (Å²) in [5, 5.41) is 4.97. The van der Waals surface area contributed by atoms with Crippen LogP contribution in [0, 0.1) is 5.41 Å². The van der Waals surface area contributed by atoms with E-state index in [1.165, 1.54) is 82.8 Å². The van der Waals surface area contributed by atoms with Gasteiger partial charge in [-0.25, -0.2) is 9.98 Å². The molecule has 2 heterocycles. The van der Waals surface area contributed by atoms with Gasteiger partial charge in [0.15, 0.2) is 11.7 Å². The van der Waals surface area contributed by atoms with Crippen molar-refractivity contribution >= 4 is 62.0 Å². The second kappa shape index (κ2) is 16.8. The molecule has 0 N–H and O–H groups in total. The number of aromatic nitrogens is 2. The van der Waals surface area contributed by atoms with Gasteiger partial charge >= 0.3 is 0 Å². The molecule has 0 bridgehead atoms. The zero-order valence-electron chi connectivity index (χ0n) is 44.2. The summed E-state index contributed by atoms with van der Waals surface area (Å²) < 4.78 is 4.93. The standard InChI is InChI=1S/C70H61N5/c1-67(2)57-31-20-19-30-51(57)52-39-55-53-37-46(47-32-34-61-54(38-47)56-40-59-60(69(5,6)70(7,8)68(59,3)4)42-64(56)74(61)49-27-17-12-18-28-49)33-35-62(53)75(63(55)41-58(52)67)50-29-21-26-48(36-50)66(72-43-44-22-13-10-14-23-44)73-65(71-9)45-24-15-11-16-25-45/h10-42H,9,43H2,1-8H3/b72-66-,73-65-. The molecule has 0 saturated heterocycles. The van der Waals surface area contributed by atoms with E-state index in [0.717, 1.165) is 33.4 Å². The van der Waals surface area contributed by atoms with Crippen molar-refractivity contribution in [2.24, 2.45) is 20.4 Å². The van der Waals surface area contributed by atoms with Gasteiger partial charge in [-0.15, -0.1) is 0 Å². The molecule has 2 aliphatic carbocycles. The number of benzene rings is 9. The summed E-state index contributed by atoms with van der Waals surface area (Å²) in [7, 11) is 0. The Bertz CT molecular complexity index is 4200. The molecule has 0 spiro atoms. The quantitative estimate of drug-likeness (QED) is 0.113. The average molecular weight is 972 g/mol. The second-order valence-electron chi connectivity index (χ2n) is 23.0. The normalized spacial score (nSPS) is 16.2. The highest BCUT2D eigenvalue weighted by Gasteiger charge is 2.57. The summed E-state index contributed by atoms with van der Waals surface area (Å²) in [5.74, 6) is 1.12. The van der Waals surface area contributed by atoms with Crippen LogP contribution in [0.25, 0.3) is 77.2 Å². The van der Waals surface area contributed by atoms with Crippen molar-refractivity contribution in [2.75, 3.05) is 0 Å². The van der Waals surface area contributed by atoms with Crippen LogP contribution in [0.3, 0.4) is 0 Å². The van der Waals surface area contributed by atoms with E-state index in [9.17, 15) is 0 Å². The third kappa shape index (κ3) is 6.93. The van der Waals surface area contributed by atoms with Gasteiger partial charge in [-0.05, 0) is 146 Å². The van der Waals surface area contributed by atoms with Crippen molar-refractivity contribution < 1.29 is 0 Å². The minimum Gasteiger partial charge on any atom is -0.309 e.